The third-order valence-corrected chi connectivity index (χ3v) is 2.96. The maximum Gasteiger partial charge on any atom is 0.323 e. The normalized spacial score (nSPS) is 23.5. The number of ether oxygens (including phenoxy) is 1. The summed E-state index contributed by atoms with van der Waals surface area (Å²) in [5, 5.41) is 3.34. The Morgan fingerprint density at radius 3 is 2.80 bits per heavy atom. The minimum absolute atomic E-state index is 0.0183. The van der Waals surface area contributed by atoms with Gasteiger partial charge in [0.15, 0.2) is 0 Å². The number of rotatable bonds is 3. The van der Waals surface area contributed by atoms with E-state index in [0.717, 1.165) is 19.6 Å². The minimum atomic E-state index is -0.151. The van der Waals surface area contributed by atoms with Gasteiger partial charge in [-0.15, -0.1) is 0 Å². The Kier molecular flexibility index (Phi) is 4.11. The fourth-order valence-corrected chi connectivity index (χ4v) is 2.11. The number of carbonyl (C=O) groups excluding carboxylic acids is 1. The molecule has 1 saturated heterocycles. The van der Waals surface area contributed by atoms with E-state index in [-0.39, 0.29) is 17.6 Å². The summed E-state index contributed by atoms with van der Waals surface area (Å²) < 4.78 is 5.05. The highest BCUT2D eigenvalue weighted by molar-refractivity contribution is 5.75. The summed E-state index contributed by atoms with van der Waals surface area (Å²) in [6, 6.07) is -0.151. The van der Waals surface area contributed by atoms with Gasteiger partial charge in [-0.05, 0) is 27.7 Å². The Labute approximate surface area is 92.0 Å². The summed E-state index contributed by atoms with van der Waals surface area (Å²) >= 11 is 0. The van der Waals surface area contributed by atoms with Gasteiger partial charge in [-0.2, -0.15) is 0 Å². The molecule has 0 aliphatic carbocycles. The third kappa shape index (κ3) is 2.92. The predicted molar refractivity (Wildman–Crippen MR) is 59.7 cm³/mol. The highest BCUT2D eigenvalue weighted by Gasteiger charge is 2.36. The van der Waals surface area contributed by atoms with E-state index < -0.39 is 0 Å². The summed E-state index contributed by atoms with van der Waals surface area (Å²) in [6.07, 6.45) is 0. The van der Waals surface area contributed by atoms with Crippen molar-refractivity contribution in [1.82, 2.24) is 10.2 Å². The van der Waals surface area contributed by atoms with Crippen molar-refractivity contribution >= 4 is 5.97 Å². The van der Waals surface area contributed by atoms with Crippen LogP contribution in [-0.2, 0) is 9.53 Å². The van der Waals surface area contributed by atoms with Gasteiger partial charge in [-0.3, -0.25) is 9.69 Å². The van der Waals surface area contributed by atoms with E-state index >= 15 is 0 Å². The zero-order valence-corrected chi connectivity index (χ0v) is 10.2. The number of hydrogen-bond acceptors (Lipinski definition) is 4. The van der Waals surface area contributed by atoms with E-state index in [1.807, 2.05) is 13.8 Å². The van der Waals surface area contributed by atoms with E-state index in [4.69, 9.17) is 4.74 Å². The largest absolute Gasteiger partial charge is 0.465 e. The van der Waals surface area contributed by atoms with Gasteiger partial charge < -0.3 is 10.1 Å². The molecular weight excluding hydrogens is 192 g/mol. The van der Waals surface area contributed by atoms with Crippen LogP contribution in [0.3, 0.4) is 0 Å². The van der Waals surface area contributed by atoms with Crippen LogP contribution >= 0.6 is 0 Å². The van der Waals surface area contributed by atoms with Crippen LogP contribution in [0.1, 0.15) is 27.7 Å². The molecule has 1 rings (SSSR count). The van der Waals surface area contributed by atoms with Gasteiger partial charge in [0.25, 0.3) is 0 Å². The molecule has 1 heterocycles. The summed E-state index contributed by atoms with van der Waals surface area (Å²) in [4.78, 5) is 13.9. The van der Waals surface area contributed by atoms with E-state index in [1.165, 1.54) is 0 Å². The lowest BCUT2D eigenvalue weighted by Crippen LogP contribution is -2.62. The van der Waals surface area contributed by atoms with Crippen molar-refractivity contribution in [1.29, 1.82) is 0 Å². The second-order valence-corrected chi connectivity index (χ2v) is 4.61. The molecule has 0 aromatic carbocycles. The number of nitrogens with zero attached hydrogens (tertiary/aromatic N) is 1. The fraction of sp³-hybridized carbons (Fsp3) is 0.909. The Hall–Kier alpha value is -0.610. The quantitative estimate of drug-likeness (QED) is 0.699. The molecule has 0 spiro atoms. The third-order valence-electron chi connectivity index (χ3n) is 2.96. The number of esters is 1. The average Bonchev–Trinajstić information content (AvgIpc) is 2.16. The topological polar surface area (TPSA) is 41.6 Å². The molecule has 15 heavy (non-hydrogen) atoms. The van der Waals surface area contributed by atoms with Gasteiger partial charge in [0.1, 0.15) is 6.04 Å². The summed E-state index contributed by atoms with van der Waals surface area (Å²) in [7, 11) is 0. The second kappa shape index (κ2) is 4.94. The van der Waals surface area contributed by atoms with E-state index in [0.29, 0.717) is 6.61 Å². The number of piperazine rings is 1. The van der Waals surface area contributed by atoms with Crippen molar-refractivity contribution in [2.24, 2.45) is 0 Å². The summed E-state index contributed by atoms with van der Waals surface area (Å²) in [6.45, 7) is 11.3. The molecule has 0 aromatic rings. The molecule has 1 N–H and O–H groups in total. The first kappa shape index (κ1) is 12.5. The lowest BCUT2D eigenvalue weighted by Gasteiger charge is -2.45. The van der Waals surface area contributed by atoms with Crippen LogP contribution in [0.4, 0.5) is 0 Å². The van der Waals surface area contributed by atoms with Crippen molar-refractivity contribution in [3.05, 3.63) is 0 Å². The molecule has 4 nitrogen and oxygen atoms in total. The van der Waals surface area contributed by atoms with Gasteiger partial charge >= 0.3 is 5.97 Å². The molecular formula is C11H22N2O2. The first-order valence-corrected chi connectivity index (χ1v) is 5.63. The smallest absolute Gasteiger partial charge is 0.323 e. The predicted octanol–water partition coefficient (Wildman–Crippen LogP) is 0.622. The van der Waals surface area contributed by atoms with Crippen molar-refractivity contribution in [3.63, 3.8) is 0 Å². The fourth-order valence-electron chi connectivity index (χ4n) is 2.11. The SMILES string of the molecule is CCOC(=O)C(C)N1CCNCC1(C)C. The van der Waals surface area contributed by atoms with Gasteiger partial charge in [0, 0.05) is 25.2 Å². The van der Waals surface area contributed by atoms with Crippen LogP contribution in [-0.4, -0.2) is 48.7 Å². The van der Waals surface area contributed by atoms with Crippen molar-refractivity contribution in [3.8, 4) is 0 Å². The van der Waals surface area contributed by atoms with Crippen molar-refractivity contribution < 1.29 is 9.53 Å². The van der Waals surface area contributed by atoms with Gasteiger partial charge in [-0.1, -0.05) is 0 Å². The van der Waals surface area contributed by atoms with Crippen LogP contribution in [0.15, 0.2) is 0 Å². The van der Waals surface area contributed by atoms with Crippen LogP contribution < -0.4 is 5.32 Å². The van der Waals surface area contributed by atoms with Crippen molar-refractivity contribution in [2.75, 3.05) is 26.2 Å². The number of carbonyl (C=O) groups is 1. The molecule has 0 saturated carbocycles. The van der Waals surface area contributed by atoms with E-state index in [1.54, 1.807) is 0 Å². The van der Waals surface area contributed by atoms with Gasteiger partial charge in [0.2, 0.25) is 0 Å². The summed E-state index contributed by atoms with van der Waals surface area (Å²) in [5.41, 5.74) is 0.0183. The highest BCUT2D eigenvalue weighted by Crippen LogP contribution is 2.19. The maximum atomic E-state index is 11.6. The summed E-state index contributed by atoms with van der Waals surface area (Å²) in [5.74, 6) is -0.118. The molecule has 0 aromatic heterocycles. The monoisotopic (exact) mass is 214 g/mol. The molecule has 1 fully saturated rings. The maximum absolute atomic E-state index is 11.6. The van der Waals surface area contributed by atoms with Crippen LogP contribution in [0, 0.1) is 0 Å². The highest BCUT2D eigenvalue weighted by atomic mass is 16.5. The zero-order valence-electron chi connectivity index (χ0n) is 10.2. The molecule has 1 aliphatic heterocycles. The van der Waals surface area contributed by atoms with Gasteiger partial charge in [0.05, 0.1) is 6.61 Å². The first-order valence-electron chi connectivity index (χ1n) is 5.63. The molecule has 0 radical (unpaired) electrons. The Morgan fingerprint density at radius 2 is 2.27 bits per heavy atom. The second-order valence-electron chi connectivity index (χ2n) is 4.61. The van der Waals surface area contributed by atoms with E-state index in [9.17, 15) is 4.79 Å². The lowest BCUT2D eigenvalue weighted by molar-refractivity contribution is -0.151. The number of nitrogens with one attached hydrogen (secondary N) is 1. The van der Waals surface area contributed by atoms with Crippen LogP contribution in [0.5, 0.6) is 0 Å². The number of hydrogen-bond donors (Lipinski definition) is 1. The molecule has 0 amide bonds. The standard InChI is InChI=1S/C11H22N2O2/c1-5-15-10(14)9(2)13-7-6-12-8-11(13,3)4/h9,12H,5-8H2,1-4H3. The molecule has 4 heteroatoms. The Bertz CT molecular complexity index is 229. The Balaban J connectivity index is 2.64. The first-order chi connectivity index (χ1) is 6.99. The Morgan fingerprint density at radius 1 is 1.60 bits per heavy atom. The molecule has 1 unspecified atom stereocenters. The lowest BCUT2D eigenvalue weighted by atomic mass is 9.98. The van der Waals surface area contributed by atoms with Gasteiger partial charge in [-0.25, -0.2) is 0 Å². The van der Waals surface area contributed by atoms with E-state index in [2.05, 4.69) is 24.1 Å². The van der Waals surface area contributed by atoms with Crippen LogP contribution in [0.25, 0.3) is 0 Å². The molecule has 0 bridgehead atoms. The van der Waals surface area contributed by atoms with Crippen molar-refractivity contribution in [2.45, 2.75) is 39.3 Å². The molecule has 88 valence electrons. The average molecular weight is 214 g/mol. The zero-order chi connectivity index (χ0) is 11.5. The minimum Gasteiger partial charge on any atom is -0.465 e. The van der Waals surface area contributed by atoms with Crippen LogP contribution in [0.2, 0.25) is 0 Å². The molecule has 1 atom stereocenters. The molecule has 1 aliphatic rings.